The molecule has 0 radical (unpaired) electrons. The number of aliphatic hydroxyl groups excluding tert-OH is 1. The largest absolute Gasteiger partial charge is 0.542 e. The zero-order chi connectivity index (χ0) is 24.9. The predicted molar refractivity (Wildman–Crippen MR) is 113 cm³/mol. The summed E-state index contributed by atoms with van der Waals surface area (Å²) >= 11 is 6.17. The molecule has 1 aromatic carbocycles. The number of aromatic amines is 1. The van der Waals surface area contributed by atoms with Gasteiger partial charge in [0.05, 0.1) is 12.7 Å². The minimum absolute atomic E-state index is 0.165. The number of aliphatic carboxylic acids is 1. The second-order valence-corrected chi connectivity index (χ2v) is 8.19. The van der Waals surface area contributed by atoms with E-state index >= 15 is 0 Å². The minimum atomic E-state index is -5.19. The average Bonchev–Trinajstić information content (AvgIpc) is 3.36. The standard InChI is InChI=1S/C20H21ClN4O2.C2HF3O2/c21-16-6-2-1-5-14(16)11-22-20(27)19-17-7-3-4-9-25(17)18(23-19)13-24-10-8-15(26)12-24;3-2(4,5)1(6)7/h1-7,9,15,26H,8,10-13H2,(H,22,27);(H,6,7)/p+1. The van der Waals surface area contributed by atoms with Crippen LogP contribution in [0.4, 0.5) is 13.2 Å². The van der Waals surface area contributed by atoms with Crippen molar-refractivity contribution in [2.24, 2.45) is 0 Å². The number of hydrogen-bond donors (Lipinski definition) is 4. The van der Waals surface area contributed by atoms with E-state index in [1.54, 1.807) is 0 Å². The Morgan fingerprint density at radius 2 is 1.91 bits per heavy atom. The topological polar surface area (TPSA) is 114 Å². The van der Waals surface area contributed by atoms with Crippen LogP contribution >= 0.6 is 11.6 Å². The molecule has 3 heterocycles. The first-order valence-corrected chi connectivity index (χ1v) is 10.8. The number of fused-ring (bicyclic) bond motifs is 1. The molecule has 4 N–H and O–H groups in total. The van der Waals surface area contributed by atoms with Crippen LogP contribution in [-0.2, 0) is 17.9 Å². The zero-order valence-electron chi connectivity index (χ0n) is 17.9. The fraction of sp³-hybridized carbons (Fsp3) is 0.318. The Labute approximate surface area is 197 Å². The number of imidazole rings is 1. The third-order valence-electron chi connectivity index (χ3n) is 5.30. The van der Waals surface area contributed by atoms with E-state index in [0.717, 1.165) is 43.0 Å². The van der Waals surface area contributed by atoms with Crippen LogP contribution in [0.1, 0.15) is 28.3 Å². The van der Waals surface area contributed by atoms with Gasteiger partial charge in [0, 0.05) is 18.0 Å². The number of benzene rings is 1. The van der Waals surface area contributed by atoms with Crippen LogP contribution in [-0.4, -0.2) is 47.3 Å². The molecule has 2 unspecified atom stereocenters. The lowest BCUT2D eigenvalue weighted by Crippen LogP contribution is -3.09. The van der Waals surface area contributed by atoms with E-state index in [1.165, 1.54) is 4.90 Å². The van der Waals surface area contributed by atoms with Gasteiger partial charge in [-0.05, 0) is 23.8 Å². The first-order chi connectivity index (χ1) is 16.1. The maximum Gasteiger partial charge on any atom is 0.430 e. The molecule has 2 aromatic heterocycles. The van der Waals surface area contributed by atoms with Crippen LogP contribution in [0.25, 0.3) is 5.52 Å². The van der Waals surface area contributed by atoms with Crippen LogP contribution < -0.4 is 19.7 Å². The number of aliphatic hydroxyl groups is 1. The van der Waals surface area contributed by atoms with E-state index in [2.05, 4.69) is 10.3 Å². The number of carboxylic acids is 1. The van der Waals surface area contributed by atoms with Crippen molar-refractivity contribution in [2.45, 2.75) is 31.8 Å². The normalized spacial score (nSPS) is 17.8. The number of carbonyl (C=O) groups excluding carboxylic acids is 2. The van der Waals surface area contributed by atoms with Gasteiger partial charge in [0.1, 0.15) is 18.6 Å². The quantitative estimate of drug-likeness (QED) is 0.364. The van der Waals surface area contributed by atoms with Gasteiger partial charge in [-0.3, -0.25) is 4.79 Å². The number of rotatable bonds is 5. The SMILES string of the molecule is O=C(NCc1ccccc1Cl)c1[nH]c(C[NH+]2CCC(O)C2)[n+]2ccccc12.O=C([O-])C(F)(F)F. The number of aromatic nitrogens is 2. The Morgan fingerprint density at radius 3 is 2.53 bits per heavy atom. The Hall–Kier alpha value is -3.15. The van der Waals surface area contributed by atoms with Crippen LogP contribution in [0.15, 0.2) is 48.7 Å². The Morgan fingerprint density at radius 1 is 1.24 bits per heavy atom. The molecule has 3 aromatic rings. The first-order valence-electron chi connectivity index (χ1n) is 10.4. The highest BCUT2D eigenvalue weighted by Crippen LogP contribution is 2.15. The number of quaternary nitrogens is 1. The summed E-state index contributed by atoms with van der Waals surface area (Å²) in [5.74, 6) is -2.22. The van der Waals surface area contributed by atoms with Gasteiger partial charge in [0.15, 0.2) is 12.1 Å². The number of carboxylic acid groups (broad SMARTS) is 1. The average molecular weight is 500 g/mol. The first kappa shape index (κ1) is 25.5. The third kappa shape index (κ3) is 6.46. The van der Waals surface area contributed by atoms with Crippen molar-refractivity contribution in [3.63, 3.8) is 0 Å². The lowest BCUT2D eigenvalue weighted by molar-refractivity contribution is -0.908. The van der Waals surface area contributed by atoms with Gasteiger partial charge in [-0.2, -0.15) is 17.6 Å². The summed E-state index contributed by atoms with van der Waals surface area (Å²) in [5.41, 5.74) is 2.26. The second kappa shape index (κ2) is 10.9. The molecule has 1 aliphatic rings. The van der Waals surface area contributed by atoms with Crippen molar-refractivity contribution in [3.8, 4) is 0 Å². The third-order valence-corrected chi connectivity index (χ3v) is 5.67. The van der Waals surface area contributed by atoms with Gasteiger partial charge >= 0.3 is 12.0 Å². The number of nitrogens with one attached hydrogen (secondary N) is 3. The molecule has 8 nitrogen and oxygen atoms in total. The van der Waals surface area contributed by atoms with E-state index in [4.69, 9.17) is 21.5 Å². The fourth-order valence-corrected chi connectivity index (χ4v) is 3.87. The Kier molecular flexibility index (Phi) is 8.13. The zero-order valence-corrected chi connectivity index (χ0v) is 18.6. The van der Waals surface area contributed by atoms with Gasteiger partial charge in [0.2, 0.25) is 5.69 Å². The van der Waals surface area contributed by atoms with Crippen molar-refractivity contribution < 1.29 is 42.3 Å². The number of amides is 1. The molecule has 4 rings (SSSR count). The molecule has 2 atom stereocenters. The van der Waals surface area contributed by atoms with E-state index in [1.807, 2.05) is 53.1 Å². The lowest BCUT2D eigenvalue weighted by Gasteiger charge is -2.08. The van der Waals surface area contributed by atoms with Gasteiger partial charge in [-0.1, -0.05) is 35.9 Å². The highest BCUT2D eigenvalue weighted by molar-refractivity contribution is 6.31. The molecular formula is C22H23ClF3N4O4+. The molecule has 1 amide bonds. The van der Waals surface area contributed by atoms with E-state index in [0.29, 0.717) is 17.3 Å². The van der Waals surface area contributed by atoms with Gasteiger partial charge in [0.25, 0.3) is 5.91 Å². The number of likely N-dealkylation sites (tertiary alicyclic amines) is 1. The number of halogens is 4. The van der Waals surface area contributed by atoms with Crippen LogP contribution in [0, 0.1) is 0 Å². The van der Waals surface area contributed by atoms with Crippen molar-refractivity contribution in [3.05, 3.63) is 70.8 Å². The molecule has 0 aliphatic carbocycles. The maximum absolute atomic E-state index is 12.8. The van der Waals surface area contributed by atoms with E-state index in [-0.39, 0.29) is 12.0 Å². The summed E-state index contributed by atoms with van der Waals surface area (Å²) in [6, 6.07) is 13.3. The van der Waals surface area contributed by atoms with E-state index < -0.39 is 12.1 Å². The van der Waals surface area contributed by atoms with Crippen LogP contribution in [0.3, 0.4) is 0 Å². The molecule has 182 valence electrons. The number of hydrogen-bond acceptors (Lipinski definition) is 4. The molecule has 1 saturated heterocycles. The number of H-pyrrole nitrogens is 1. The molecule has 12 heteroatoms. The summed E-state index contributed by atoms with van der Waals surface area (Å²) in [6.45, 7) is 2.78. The summed E-state index contributed by atoms with van der Waals surface area (Å²) < 4.78 is 33.6. The lowest BCUT2D eigenvalue weighted by atomic mass is 10.2. The van der Waals surface area contributed by atoms with Gasteiger partial charge < -0.3 is 25.2 Å². The second-order valence-electron chi connectivity index (χ2n) is 7.79. The predicted octanol–water partition coefficient (Wildman–Crippen LogP) is -0.215. The van der Waals surface area contributed by atoms with Crippen molar-refractivity contribution in [1.29, 1.82) is 0 Å². The monoisotopic (exact) mass is 499 g/mol. The van der Waals surface area contributed by atoms with Crippen LogP contribution in [0.2, 0.25) is 5.02 Å². The van der Waals surface area contributed by atoms with Crippen molar-refractivity contribution in [1.82, 2.24) is 10.3 Å². The van der Waals surface area contributed by atoms with Crippen LogP contribution in [0.5, 0.6) is 0 Å². The van der Waals surface area contributed by atoms with Crippen molar-refractivity contribution >= 4 is 29.0 Å². The molecular weight excluding hydrogens is 477 g/mol. The molecule has 0 bridgehead atoms. The maximum atomic E-state index is 12.8. The fourth-order valence-electron chi connectivity index (χ4n) is 3.66. The minimum Gasteiger partial charge on any atom is -0.542 e. The van der Waals surface area contributed by atoms with Gasteiger partial charge in [-0.25, -0.2) is 4.98 Å². The molecule has 1 fully saturated rings. The number of pyridine rings is 1. The molecule has 34 heavy (non-hydrogen) atoms. The highest BCUT2D eigenvalue weighted by atomic mass is 35.5. The number of alkyl halides is 3. The Balaban J connectivity index is 0.000000406. The smallest absolute Gasteiger partial charge is 0.430 e. The molecule has 0 spiro atoms. The Bertz CT molecular complexity index is 1170. The number of nitrogens with zero attached hydrogens (tertiary/aromatic N) is 1. The number of carbonyl (C=O) groups is 2. The summed E-state index contributed by atoms with van der Waals surface area (Å²) in [6.07, 6.45) is -2.65. The molecule has 1 aliphatic heterocycles. The van der Waals surface area contributed by atoms with Gasteiger partial charge in [-0.15, -0.1) is 0 Å². The van der Waals surface area contributed by atoms with Crippen molar-refractivity contribution in [2.75, 3.05) is 13.1 Å². The highest BCUT2D eigenvalue weighted by Gasteiger charge is 2.30. The summed E-state index contributed by atoms with van der Waals surface area (Å²) in [5, 5.41) is 22.1. The summed E-state index contributed by atoms with van der Waals surface area (Å²) in [4.78, 5) is 26.2. The van der Waals surface area contributed by atoms with E-state index in [9.17, 15) is 23.1 Å². The molecule has 0 saturated carbocycles. The summed E-state index contributed by atoms with van der Waals surface area (Å²) in [7, 11) is 0.